The van der Waals surface area contributed by atoms with Crippen molar-refractivity contribution in [3.63, 3.8) is 0 Å². The molecule has 0 saturated heterocycles. The van der Waals surface area contributed by atoms with Crippen LogP contribution < -0.4 is 21.0 Å². The van der Waals surface area contributed by atoms with Crippen LogP contribution in [0.15, 0.2) is 73.5 Å². The number of alkyl halides is 3. The third-order valence-electron chi connectivity index (χ3n) is 5.52. The minimum atomic E-state index is -4.60. The van der Waals surface area contributed by atoms with Crippen molar-refractivity contribution in [1.82, 2.24) is 24.7 Å². The molecule has 11 nitrogen and oxygen atoms in total. The summed E-state index contributed by atoms with van der Waals surface area (Å²) >= 11 is 0. The number of urea groups is 1. The Kier molecular flexibility index (Phi) is 5.83. The fourth-order valence-electron chi connectivity index (χ4n) is 3.83. The summed E-state index contributed by atoms with van der Waals surface area (Å²) in [6.07, 6.45) is 3.33. The maximum atomic E-state index is 13.3. The minimum absolute atomic E-state index is 0.0458. The predicted molar refractivity (Wildman–Crippen MR) is 126 cm³/mol. The molecular weight excluding hydrogens is 491 g/mol. The van der Waals surface area contributed by atoms with Crippen molar-refractivity contribution in [3.05, 3.63) is 90.1 Å². The topological polar surface area (TPSA) is 137 Å². The molecule has 4 N–H and O–H groups in total. The van der Waals surface area contributed by atoms with Crippen LogP contribution in [0.25, 0.3) is 5.69 Å². The van der Waals surface area contributed by atoms with Crippen molar-refractivity contribution >= 4 is 28.9 Å². The van der Waals surface area contributed by atoms with Crippen LogP contribution in [0.5, 0.6) is 0 Å². The van der Waals surface area contributed by atoms with Gasteiger partial charge in [0.2, 0.25) is 0 Å². The Balaban J connectivity index is 1.36. The molecule has 5 rings (SSSR count). The normalized spacial score (nSPS) is 12.8. The highest BCUT2D eigenvalue weighted by atomic mass is 19.4. The smallest absolute Gasteiger partial charge is 0.416 e. The van der Waals surface area contributed by atoms with Crippen molar-refractivity contribution in [2.75, 3.05) is 15.5 Å². The van der Waals surface area contributed by atoms with Gasteiger partial charge in [-0.15, -0.1) is 5.10 Å². The molecule has 0 bridgehead atoms. The zero-order chi connectivity index (χ0) is 26.2. The van der Waals surface area contributed by atoms with Crippen LogP contribution in [0, 0.1) is 5.41 Å². The zero-order valence-electron chi connectivity index (χ0n) is 18.8. The van der Waals surface area contributed by atoms with Gasteiger partial charge in [-0.2, -0.15) is 17.9 Å². The molecule has 0 saturated carbocycles. The lowest BCUT2D eigenvalue weighted by Gasteiger charge is -2.27. The predicted octanol–water partition coefficient (Wildman–Crippen LogP) is 4.05. The molecule has 14 heteroatoms. The molecule has 188 valence electrons. The first kappa shape index (κ1) is 23.6. The van der Waals surface area contributed by atoms with E-state index in [0.29, 0.717) is 29.2 Å². The van der Waals surface area contributed by atoms with Crippen molar-refractivity contribution in [1.29, 1.82) is 5.41 Å². The van der Waals surface area contributed by atoms with E-state index in [1.165, 1.54) is 23.1 Å². The first-order chi connectivity index (χ1) is 17.7. The monoisotopic (exact) mass is 509 g/mol. The number of amides is 2. The van der Waals surface area contributed by atoms with Gasteiger partial charge in [0, 0.05) is 23.1 Å². The van der Waals surface area contributed by atoms with E-state index in [1.807, 2.05) is 6.08 Å². The lowest BCUT2D eigenvalue weighted by atomic mass is 10.1. The summed E-state index contributed by atoms with van der Waals surface area (Å²) in [6, 6.07) is 8.65. The number of carbonyl (C=O) groups is 1. The lowest BCUT2D eigenvalue weighted by molar-refractivity contribution is -0.137. The SMILES string of the molecule is N=c1ncn(O)c2c1CC=CN2c1ccc(NC(=O)Nc2cc(C(F)(F)F)ccc2-n2ccnn2)cc1. The number of carbonyl (C=O) groups excluding carboxylic acids is 1. The molecule has 0 atom stereocenters. The highest BCUT2D eigenvalue weighted by Crippen LogP contribution is 2.34. The van der Waals surface area contributed by atoms with E-state index in [0.717, 1.165) is 23.2 Å². The number of anilines is 4. The summed E-state index contributed by atoms with van der Waals surface area (Å²) in [6.45, 7) is 0. The van der Waals surface area contributed by atoms with E-state index in [1.54, 1.807) is 35.4 Å². The summed E-state index contributed by atoms with van der Waals surface area (Å²) in [5, 5.41) is 30.7. The molecule has 2 amide bonds. The number of rotatable bonds is 4. The lowest BCUT2D eigenvalue weighted by Crippen LogP contribution is -2.27. The van der Waals surface area contributed by atoms with Crippen LogP contribution in [-0.2, 0) is 12.6 Å². The summed E-state index contributed by atoms with van der Waals surface area (Å²) in [4.78, 5) is 18.2. The maximum Gasteiger partial charge on any atom is 0.416 e. The molecule has 37 heavy (non-hydrogen) atoms. The van der Waals surface area contributed by atoms with Gasteiger partial charge < -0.3 is 20.7 Å². The average Bonchev–Trinajstić information content (AvgIpc) is 3.41. The molecule has 1 aliphatic rings. The Morgan fingerprint density at radius 3 is 2.59 bits per heavy atom. The van der Waals surface area contributed by atoms with Gasteiger partial charge in [-0.05, 0) is 48.9 Å². The Bertz CT molecular complexity index is 1550. The first-order valence-electron chi connectivity index (χ1n) is 10.8. The Hall–Kier alpha value is -5.14. The molecule has 1 aliphatic heterocycles. The van der Waals surface area contributed by atoms with Crippen LogP contribution in [0.3, 0.4) is 0 Å². The van der Waals surface area contributed by atoms with E-state index in [9.17, 15) is 23.2 Å². The van der Waals surface area contributed by atoms with E-state index < -0.39 is 17.8 Å². The van der Waals surface area contributed by atoms with Crippen molar-refractivity contribution in [2.45, 2.75) is 12.6 Å². The van der Waals surface area contributed by atoms with Crippen molar-refractivity contribution in [3.8, 4) is 5.69 Å². The molecule has 2 aromatic heterocycles. The van der Waals surface area contributed by atoms with Gasteiger partial charge in [-0.1, -0.05) is 11.3 Å². The fraction of sp³-hybridized carbons (Fsp3) is 0.0870. The van der Waals surface area contributed by atoms with Gasteiger partial charge in [0.1, 0.15) is 6.33 Å². The standard InChI is InChI=1S/C23H18F3N9O2/c24-23(25,26)14-3-8-19(34-11-9-29-32-34)18(12-14)31-22(36)30-15-4-6-16(7-5-15)33-10-1-2-17-20(27)28-13-35(37)21(17)33/h1,3-13,27,37H,2H2,(H2,30,31,36). The van der Waals surface area contributed by atoms with Crippen LogP contribution in [-0.4, -0.2) is 35.9 Å². The number of hydrogen-bond acceptors (Lipinski definition) is 7. The van der Waals surface area contributed by atoms with Crippen molar-refractivity contribution in [2.24, 2.45) is 0 Å². The first-order valence-corrected chi connectivity index (χ1v) is 10.8. The number of fused-ring (bicyclic) bond motifs is 1. The molecule has 4 aromatic rings. The van der Waals surface area contributed by atoms with Crippen LogP contribution in [0.1, 0.15) is 11.1 Å². The largest absolute Gasteiger partial charge is 0.425 e. The van der Waals surface area contributed by atoms with Crippen LogP contribution in [0.2, 0.25) is 0 Å². The van der Waals surface area contributed by atoms with Crippen LogP contribution >= 0.6 is 0 Å². The Morgan fingerprint density at radius 1 is 1.11 bits per heavy atom. The zero-order valence-corrected chi connectivity index (χ0v) is 18.8. The Labute approximate surface area is 206 Å². The minimum Gasteiger partial charge on any atom is -0.425 e. The molecule has 2 aromatic carbocycles. The molecular formula is C23H18F3N9O2. The second kappa shape index (κ2) is 9.14. The number of nitrogens with zero attached hydrogens (tertiary/aromatic N) is 6. The van der Waals surface area contributed by atoms with E-state index >= 15 is 0 Å². The summed E-state index contributed by atoms with van der Waals surface area (Å²) in [7, 11) is 0. The van der Waals surface area contributed by atoms with Gasteiger partial charge in [0.25, 0.3) is 0 Å². The third-order valence-corrected chi connectivity index (χ3v) is 5.52. The van der Waals surface area contributed by atoms with Crippen LogP contribution in [0.4, 0.5) is 40.8 Å². The second-order valence-electron chi connectivity index (χ2n) is 7.90. The van der Waals surface area contributed by atoms with E-state index in [4.69, 9.17) is 5.41 Å². The van der Waals surface area contributed by atoms with Gasteiger partial charge in [0.15, 0.2) is 11.3 Å². The summed E-state index contributed by atoms with van der Waals surface area (Å²) in [5.74, 6) is 0.367. The fourth-order valence-corrected chi connectivity index (χ4v) is 3.83. The highest BCUT2D eigenvalue weighted by Gasteiger charge is 2.31. The molecule has 0 spiro atoms. The highest BCUT2D eigenvalue weighted by molar-refractivity contribution is 6.01. The molecule has 0 fully saturated rings. The number of hydrogen-bond donors (Lipinski definition) is 4. The Morgan fingerprint density at radius 2 is 1.89 bits per heavy atom. The molecule has 0 radical (unpaired) electrons. The quantitative estimate of drug-likeness (QED) is 0.307. The van der Waals surface area contributed by atoms with Crippen molar-refractivity contribution < 1.29 is 23.2 Å². The average molecular weight is 509 g/mol. The molecule has 0 unspecified atom stereocenters. The number of allylic oxidation sites excluding steroid dienone is 1. The number of aromatic nitrogens is 5. The van der Waals surface area contributed by atoms with E-state index in [2.05, 4.69) is 25.9 Å². The van der Waals surface area contributed by atoms with Gasteiger partial charge in [0.05, 0.1) is 29.3 Å². The number of halogens is 3. The number of nitrogens with one attached hydrogen (secondary N) is 3. The third kappa shape index (κ3) is 4.71. The van der Waals surface area contributed by atoms with Gasteiger partial charge in [-0.25, -0.2) is 14.5 Å². The van der Waals surface area contributed by atoms with Gasteiger partial charge >= 0.3 is 12.2 Å². The summed E-state index contributed by atoms with van der Waals surface area (Å²) in [5.41, 5.74) is 0.734. The molecule has 0 aliphatic carbocycles. The summed E-state index contributed by atoms with van der Waals surface area (Å²) < 4.78 is 41.8. The molecule has 3 heterocycles. The number of benzene rings is 2. The van der Waals surface area contributed by atoms with E-state index in [-0.39, 0.29) is 16.9 Å². The second-order valence-corrected chi connectivity index (χ2v) is 7.90. The maximum absolute atomic E-state index is 13.3. The van der Waals surface area contributed by atoms with Gasteiger partial charge in [-0.3, -0.25) is 5.41 Å².